The Balaban J connectivity index is 0.00000468. The standard InChI is InChI=1S/C46H66N2O2.2BrH/c1-3-5-7-9-11-13-15-17-19-21-35-47-37-31-45(32-38-47)49-43-27-23-41(24-28-43)42-25-29-44(30-26-42)50-46-33-39-48(40-34-46)36-22-20-18-16-14-12-10-8-6-4-2;;/h23-34,37-40H,3-22,35-36H2,1-2H3;2*1H/q+2;;/p-2. The fourth-order valence-corrected chi connectivity index (χ4v) is 6.59. The lowest BCUT2D eigenvalue weighted by Gasteiger charge is -2.08. The zero-order valence-corrected chi connectivity index (χ0v) is 35.4. The molecule has 0 amide bonds. The van der Waals surface area contributed by atoms with Crippen LogP contribution in [0.1, 0.15) is 142 Å². The van der Waals surface area contributed by atoms with Crippen LogP contribution in [0.2, 0.25) is 0 Å². The third-order valence-electron chi connectivity index (χ3n) is 9.77. The number of pyridine rings is 2. The van der Waals surface area contributed by atoms with Gasteiger partial charge in [-0.05, 0) is 48.2 Å². The molecule has 2 heterocycles. The average molecular weight is 839 g/mol. The van der Waals surface area contributed by atoms with Crippen molar-refractivity contribution in [3.63, 3.8) is 0 Å². The van der Waals surface area contributed by atoms with E-state index in [2.05, 4.69) is 96.3 Å². The van der Waals surface area contributed by atoms with Gasteiger partial charge in [0.05, 0.1) is 0 Å². The quantitative estimate of drug-likeness (QED) is 0.0464. The van der Waals surface area contributed by atoms with Gasteiger partial charge in [-0.2, -0.15) is 0 Å². The second-order valence-electron chi connectivity index (χ2n) is 14.2. The lowest BCUT2D eigenvalue weighted by atomic mass is 10.1. The van der Waals surface area contributed by atoms with E-state index in [0.29, 0.717) is 0 Å². The number of hydrogen-bond acceptors (Lipinski definition) is 2. The van der Waals surface area contributed by atoms with Gasteiger partial charge in [-0.1, -0.05) is 141 Å². The topological polar surface area (TPSA) is 26.2 Å². The number of rotatable bonds is 27. The van der Waals surface area contributed by atoms with Crippen molar-refractivity contribution < 1.29 is 52.6 Å². The molecule has 0 saturated heterocycles. The molecule has 0 fully saturated rings. The highest BCUT2D eigenvalue weighted by molar-refractivity contribution is 5.65. The van der Waals surface area contributed by atoms with Crippen LogP contribution in [0.5, 0.6) is 23.0 Å². The molecule has 0 bridgehead atoms. The first-order chi connectivity index (χ1) is 24.7. The Morgan fingerprint density at radius 3 is 0.865 bits per heavy atom. The van der Waals surface area contributed by atoms with E-state index < -0.39 is 0 Å². The van der Waals surface area contributed by atoms with Crippen LogP contribution in [0.15, 0.2) is 97.6 Å². The number of aromatic nitrogens is 2. The smallest absolute Gasteiger partial charge is 0.172 e. The molecular formula is C46H66Br2N2O2. The monoisotopic (exact) mass is 836 g/mol. The summed E-state index contributed by atoms with van der Waals surface area (Å²) in [6.07, 6.45) is 35.9. The Labute approximate surface area is 337 Å². The normalized spacial score (nSPS) is 10.7. The summed E-state index contributed by atoms with van der Waals surface area (Å²) in [4.78, 5) is 0. The zero-order chi connectivity index (χ0) is 34.9. The molecule has 4 aromatic rings. The van der Waals surface area contributed by atoms with Crippen molar-refractivity contribution in [1.29, 1.82) is 0 Å². The average Bonchev–Trinajstić information content (AvgIpc) is 3.15. The molecule has 4 nitrogen and oxygen atoms in total. The van der Waals surface area contributed by atoms with Gasteiger partial charge in [0.2, 0.25) is 0 Å². The van der Waals surface area contributed by atoms with Crippen molar-refractivity contribution in [2.24, 2.45) is 0 Å². The van der Waals surface area contributed by atoms with Crippen LogP contribution in [0.3, 0.4) is 0 Å². The van der Waals surface area contributed by atoms with Gasteiger partial charge in [-0.15, -0.1) is 0 Å². The van der Waals surface area contributed by atoms with Crippen molar-refractivity contribution in [3.05, 3.63) is 97.6 Å². The van der Waals surface area contributed by atoms with Crippen molar-refractivity contribution in [2.75, 3.05) is 0 Å². The Morgan fingerprint density at radius 1 is 0.327 bits per heavy atom. The van der Waals surface area contributed by atoms with Crippen LogP contribution in [0.4, 0.5) is 0 Å². The van der Waals surface area contributed by atoms with Gasteiger partial charge in [-0.25, -0.2) is 9.13 Å². The second-order valence-corrected chi connectivity index (χ2v) is 14.2. The molecule has 6 heteroatoms. The summed E-state index contributed by atoms with van der Waals surface area (Å²) in [5.41, 5.74) is 2.30. The summed E-state index contributed by atoms with van der Waals surface area (Å²) in [5, 5.41) is 0. The molecule has 2 aromatic carbocycles. The Hall–Kier alpha value is -2.70. The highest BCUT2D eigenvalue weighted by Gasteiger charge is 2.07. The third-order valence-corrected chi connectivity index (χ3v) is 9.77. The summed E-state index contributed by atoms with van der Waals surface area (Å²) >= 11 is 0. The van der Waals surface area contributed by atoms with Crippen molar-refractivity contribution in [3.8, 4) is 34.1 Å². The van der Waals surface area contributed by atoms with E-state index in [0.717, 1.165) is 47.2 Å². The number of halogens is 2. The summed E-state index contributed by atoms with van der Waals surface area (Å²) in [6.45, 7) is 6.71. The number of benzene rings is 2. The van der Waals surface area contributed by atoms with E-state index in [1.54, 1.807) is 0 Å². The minimum absolute atomic E-state index is 0. The van der Waals surface area contributed by atoms with Crippen LogP contribution in [0, 0.1) is 0 Å². The van der Waals surface area contributed by atoms with Crippen LogP contribution < -0.4 is 52.6 Å². The van der Waals surface area contributed by atoms with Gasteiger partial charge < -0.3 is 43.4 Å². The summed E-state index contributed by atoms with van der Waals surface area (Å²) in [6, 6.07) is 24.9. The van der Waals surface area contributed by atoms with Gasteiger partial charge in [0.15, 0.2) is 24.8 Å². The number of ether oxygens (including phenoxy) is 2. The van der Waals surface area contributed by atoms with Crippen LogP contribution in [-0.4, -0.2) is 0 Å². The van der Waals surface area contributed by atoms with Gasteiger partial charge in [-0.3, -0.25) is 0 Å². The van der Waals surface area contributed by atoms with Crippen LogP contribution >= 0.6 is 0 Å². The molecule has 0 radical (unpaired) electrons. The van der Waals surface area contributed by atoms with E-state index in [1.807, 2.05) is 24.3 Å². The molecule has 0 N–H and O–H groups in total. The maximum Gasteiger partial charge on any atom is 0.172 e. The van der Waals surface area contributed by atoms with E-state index >= 15 is 0 Å². The van der Waals surface area contributed by atoms with Crippen molar-refractivity contribution in [2.45, 2.75) is 155 Å². The molecule has 0 saturated carbocycles. The molecule has 52 heavy (non-hydrogen) atoms. The molecule has 0 atom stereocenters. The van der Waals surface area contributed by atoms with Gasteiger partial charge in [0, 0.05) is 37.1 Å². The fourth-order valence-electron chi connectivity index (χ4n) is 6.59. The molecule has 0 spiro atoms. The number of nitrogens with zero attached hydrogens (tertiary/aromatic N) is 2. The van der Waals surface area contributed by atoms with Crippen molar-refractivity contribution >= 4 is 0 Å². The summed E-state index contributed by atoms with van der Waals surface area (Å²) in [7, 11) is 0. The first-order valence-electron chi connectivity index (χ1n) is 20.3. The second kappa shape index (κ2) is 28.8. The zero-order valence-electron chi connectivity index (χ0n) is 32.3. The number of unbranched alkanes of at least 4 members (excludes halogenated alkanes) is 18. The molecule has 0 aliphatic carbocycles. The molecule has 286 valence electrons. The maximum absolute atomic E-state index is 6.14. The lowest BCUT2D eigenvalue weighted by Crippen LogP contribution is -3.00. The first kappa shape index (κ1) is 45.5. The molecule has 2 aromatic heterocycles. The summed E-state index contributed by atoms with van der Waals surface area (Å²) in [5.74, 6) is 3.42. The number of aryl methyl sites for hydroxylation is 2. The van der Waals surface area contributed by atoms with Crippen LogP contribution in [-0.2, 0) is 13.1 Å². The summed E-state index contributed by atoms with van der Waals surface area (Å²) < 4.78 is 16.8. The van der Waals surface area contributed by atoms with Crippen molar-refractivity contribution in [1.82, 2.24) is 0 Å². The lowest BCUT2D eigenvalue weighted by molar-refractivity contribution is -0.697. The number of hydrogen-bond donors (Lipinski definition) is 0. The highest BCUT2D eigenvalue weighted by atomic mass is 79.9. The maximum atomic E-state index is 6.14. The molecule has 0 unspecified atom stereocenters. The van der Waals surface area contributed by atoms with E-state index in [1.165, 1.54) is 128 Å². The van der Waals surface area contributed by atoms with Gasteiger partial charge in [0.1, 0.15) is 36.1 Å². The van der Waals surface area contributed by atoms with E-state index in [-0.39, 0.29) is 34.0 Å². The molecule has 0 aliphatic rings. The van der Waals surface area contributed by atoms with E-state index in [4.69, 9.17) is 9.47 Å². The largest absolute Gasteiger partial charge is 1.00 e. The molecule has 0 aliphatic heterocycles. The Bertz CT molecular complexity index is 1300. The Morgan fingerprint density at radius 2 is 0.577 bits per heavy atom. The van der Waals surface area contributed by atoms with Gasteiger partial charge >= 0.3 is 0 Å². The van der Waals surface area contributed by atoms with Crippen LogP contribution in [0.25, 0.3) is 11.1 Å². The minimum Gasteiger partial charge on any atom is -1.00 e. The minimum atomic E-state index is 0. The highest BCUT2D eigenvalue weighted by Crippen LogP contribution is 2.28. The SMILES string of the molecule is CCCCCCCCCCCC[n+]1ccc(Oc2ccc(-c3ccc(Oc4cc[n+](CCCCCCCCCCCC)cc4)cc3)cc2)cc1.[Br-].[Br-]. The molecule has 4 rings (SSSR count). The van der Waals surface area contributed by atoms with Gasteiger partial charge in [0.25, 0.3) is 0 Å². The molecular weight excluding hydrogens is 772 g/mol. The van der Waals surface area contributed by atoms with E-state index in [9.17, 15) is 0 Å². The predicted octanol–water partition coefficient (Wildman–Crippen LogP) is 7.36. The predicted molar refractivity (Wildman–Crippen MR) is 209 cm³/mol. The third kappa shape index (κ3) is 18.9. The Kier molecular flexibility index (Phi) is 25.1. The fraction of sp³-hybridized carbons (Fsp3) is 0.522. The first-order valence-corrected chi connectivity index (χ1v) is 20.3.